The highest BCUT2D eigenvalue weighted by atomic mass is 19.1. The molecular weight excluding hydrogens is 215 g/mol. The van der Waals surface area contributed by atoms with Gasteiger partial charge >= 0.3 is 0 Å². The predicted octanol–water partition coefficient (Wildman–Crippen LogP) is 4.08. The van der Waals surface area contributed by atoms with Crippen LogP contribution in [0.3, 0.4) is 0 Å². The number of hydrogen-bond donors (Lipinski definition) is 1. The number of halogens is 1. The summed E-state index contributed by atoms with van der Waals surface area (Å²) >= 11 is 0. The van der Waals surface area contributed by atoms with E-state index in [0.717, 1.165) is 18.4 Å². The molecule has 0 spiro atoms. The van der Waals surface area contributed by atoms with Crippen molar-refractivity contribution in [1.29, 1.82) is 0 Å². The summed E-state index contributed by atoms with van der Waals surface area (Å²) in [5.41, 5.74) is 0.732. The fraction of sp³-hybridized carbons (Fsp3) is 0.600. The van der Waals surface area contributed by atoms with E-state index in [1.807, 2.05) is 6.07 Å². The first-order valence-corrected chi connectivity index (χ1v) is 6.66. The minimum absolute atomic E-state index is 0.259. The van der Waals surface area contributed by atoms with Crippen LogP contribution in [0.5, 0.6) is 0 Å². The monoisotopic (exact) mass is 236 g/mol. The predicted molar refractivity (Wildman–Crippen MR) is 67.1 cm³/mol. The van der Waals surface area contributed by atoms with Crippen LogP contribution in [0.1, 0.15) is 50.7 Å². The Morgan fingerprint density at radius 1 is 1.35 bits per heavy atom. The van der Waals surface area contributed by atoms with Crippen LogP contribution in [-0.4, -0.2) is 5.11 Å². The lowest BCUT2D eigenvalue weighted by Crippen LogP contribution is -2.25. The molecule has 2 heteroatoms. The molecule has 0 heterocycles. The average molecular weight is 236 g/mol. The van der Waals surface area contributed by atoms with Crippen molar-refractivity contribution in [2.75, 3.05) is 0 Å². The Balaban J connectivity index is 2.15. The normalized spacial score (nSPS) is 26.8. The van der Waals surface area contributed by atoms with Crippen LogP contribution < -0.4 is 0 Å². The van der Waals surface area contributed by atoms with E-state index in [-0.39, 0.29) is 5.82 Å². The van der Waals surface area contributed by atoms with Gasteiger partial charge in [0.1, 0.15) is 5.82 Å². The third-order valence-electron chi connectivity index (χ3n) is 4.09. The highest BCUT2D eigenvalue weighted by molar-refractivity contribution is 5.19. The van der Waals surface area contributed by atoms with Gasteiger partial charge in [-0.25, -0.2) is 4.39 Å². The molecule has 1 N–H and O–H groups in total. The Morgan fingerprint density at radius 3 is 2.82 bits per heavy atom. The third kappa shape index (κ3) is 2.86. The van der Waals surface area contributed by atoms with E-state index in [0.29, 0.717) is 11.8 Å². The molecule has 1 aromatic rings. The molecule has 0 amide bonds. The van der Waals surface area contributed by atoms with Crippen LogP contribution in [0.25, 0.3) is 0 Å². The summed E-state index contributed by atoms with van der Waals surface area (Å²) in [4.78, 5) is 0. The molecule has 17 heavy (non-hydrogen) atoms. The van der Waals surface area contributed by atoms with Gasteiger partial charge in [0.15, 0.2) is 0 Å². The maximum absolute atomic E-state index is 13.2. The first kappa shape index (κ1) is 12.6. The van der Waals surface area contributed by atoms with Gasteiger partial charge in [-0.3, -0.25) is 0 Å². The molecule has 0 aliphatic heterocycles. The summed E-state index contributed by atoms with van der Waals surface area (Å²) in [6, 6.07) is 6.40. The zero-order valence-electron chi connectivity index (χ0n) is 10.4. The second kappa shape index (κ2) is 5.63. The van der Waals surface area contributed by atoms with Gasteiger partial charge < -0.3 is 5.11 Å². The minimum Gasteiger partial charge on any atom is -0.388 e. The van der Waals surface area contributed by atoms with E-state index in [1.54, 1.807) is 6.07 Å². The van der Waals surface area contributed by atoms with Crippen molar-refractivity contribution in [3.8, 4) is 0 Å². The van der Waals surface area contributed by atoms with Gasteiger partial charge in [-0.05, 0) is 36.0 Å². The van der Waals surface area contributed by atoms with Crippen LogP contribution in [-0.2, 0) is 0 Å². The van der Waals surface area contributed by atoms with Crippen LogP contribution in [0.4, 0.5) is 4.39 Å². The summed E-state index contributed by atoms with van der Waals surface area (Å²) in [5.74, 6) is 0.628. The Hall–Kier alpha value is -0.890. The fourth-order valence-electron chi connectivity index (χ4n) is 3.10. The molecule has 0 bridgehead atoms. The molecule has 0 saturated heterocycles. The number of rotatable bonds is 3. The molecule has 0 aromatic heterocycles. The van der Waals surface area contributed by atoms with Gasteiger partial charge in [0, 0.05) is 0 Å². The van der Waals surface area contributed by atoms with Crippen LogP contribution in [0, 0.1) is 17.7 Å². The van der Waals surface area contributed by atoms with E-state index in [9.17, 15) is 9.50 Å². The Labute approximate surface area is 103 Å². The molecule has 3 unspecified atom stereocenters. The van der Waals surface area contributed by atoms with Crippen molar-refractivity contribution in [2.45, 2.75) is 45.1 Å². The maximum atomic E-state index is 13.2. The first-order chi connectivity index (χ1) is 8.22. The van der Waals surface area contributed by atoms with Crippen molar-refractivity contribution in [3.63, 3.8) is 0 Å². The maximum Gasteiger partial charge on any atom is 0.123 e. The lowest BCUT2D eigenvalue weighted by molar-refractivity contribution is 0.0450. The fourth-order valence-corrected chi connectivity index (χ4v) is 3.10. The second-order valence-electron chi connectivity index (χ2n) is 5.12. The number of aliphatic hydroxyl groups excluding tert-OH is 1. The molecule has 1 aliphatic rings. The van der Waals surface area contributed by atoms with E-state index >= 15 is 0 Å². The van der Waals surface area contributed by atoms with Crippen LogP contribution in [0.2, 0.25) is 0 Å². The summed E-state index contributed by atoms with van der Waals surface area (Å²) in [5, 5.41) is 10.4. The largest absolute Gasteiger partial charge is 0.388 e. The van der Waals surface area contributed by atoms with E-state index in [1.165, 1.54) is 31.4 Å². The van der Waals surface area contributed by atoms with Crippen LogP contribution >= 0.6 is 0 Å². The molecule has 94 valence electrons. The number of hydrogen-bond acceptors (Lipinski definition) is 1. The quantitative estimate of drug-likeness (QED) is 0.838. The second-order valence-corrected chi connectivity index (χ2v) is 5.12. The lowest BCUT2D eigenvalue weighted by Gasteiger charge is -2.34. The highest BCUT2D eigenvalue weighted by Gasteiger charge is 2.30. The number of aliphatic hydroxyl groups is 1. The van der Waals surface area contributed by atoms with Gasteiger partial charge in [-0.15, -0.1) is 0 Å². The van der Waals surface area contributed by atoms with Gasteiger partial charge in [0.05, 0.1) is 6.10 Å². The van der Waals surface area contributed by atoms with Gasteiger partial charge in [-0.2, -0.15) is 0 Å². The van der Waals surface area contributed by atoms with Gasteiger partial charge in [0.25, 0.3) is 0 Å². The van der Waals surface area contributed by atoms with Gasteiger partial charge in [0.2, 0.25) is 0 Å². The van der Waals surface area contributed by atoms with Crippen molar-refractivity contribution < 1.29 is 9.50 Å². The first-order valence-electron chi connectivity index (χ1n) is 6.66. The van der Waals surface area contributed by atoms with E-state index in [2.05, 4.69) is 6.92 Å². The Kier molecular flexibility index (Phi) is 4.16. The molecule has 1 saturated carbocycles. The zero-order chi connectivity index (χ0) is 12.3. The lowest BCUT2D eigenvalue weighted by atomic mass is 9.73. The van der Waals surface area contributed by atoms with E-state index < -0.39 is 6.10 Å². The molecule has 1 nitrogen and oxygen atoms in total. The topological polar surface area (TPSA) is 20.2 Å². The molecule has 1 aliphatic carbocycles. The third-order valence-corrected chi connectivity index (χ3v) is 4.09. The van der Waals surface area contributed by atoms with Crippen molar-refractivity contribution in [1.82, 2.24) is 0 Å². The standard InChI is InChI=1S/C15H21FO/c1-2-11-6-3-4-9-14(11)15(17)12-7-5-8-13(16)10-12/h5,7-8,10-11,14-15,17H,2-4,6,9H2,1H3. The number of benzene rings is 1. The molecular formula is C15H21FO. The van der Waals surface area contributed by atoms with Crippen molar-refractivity contribution >= 4 is 0 Å². The molecule has 2 rings (SSSR count). The average Bonchev–Trinajstić information content (AvgIpc) is 2.38. The highest BCUT2D eigenvalue weighted by Crippen LogP contribution is 2.40. The summed E-state index contributed by atoms with van der Waals surface area (Å²) in [6.45, 7) is 2.18. The van der Waals surface area contributed by atoms with Crippen molar-refractivity contribution in [2.24, 2.45) is 11.8 Å². The summed E-state index contributed by atoms with van der Waals surface area (Å²) < 4.78 is 13.2. The zero-order valence-corrected chi connectivity index (χ0v) is 10.4. The smallest absolute Gasteiger partial charge is 0.123 e. The Morgan fingerprint density at radius 2 is 2.12 bits per heavy atom. The van der Waals surface area contributed by atoms with E-state index in [4.69, 9.17) is 0 Å². The molecule has 1 aromatic carbocycles. The molecule has 1 fully saturated rings. The Bertz CT molecular complexity index is 364. The summed E-state index contributed by atoms with van der Waals surface area (Å²) in [6.07, 6.45) is 5.33. The SMILES string of the molecule is CCC1CCCCC1C(O)c1cccc(F)c1. The summed E-state index contributed by atoms with van der Waals surface area (Å²) in [7, 11) is 0. The minimum atomic E-state index is -0.504. The molecule has 3 atom stereocenters. The molecule has 0 radical (unpaired) electrons. The van der Waals surface area contributed by atoms with Gasteiger partial charge in [-0.1, -0.05) is 44.7 Å². The van der Waals surface area contributed by atoms with Crippen molar-refractivity contribution in [3.05, 3.63) is 35.6 Å². The van der Waals surface area contributed by atoms with Crippen LogP contribution in [0.15, 0.2) is 24.3 Å².